The molecule has 1 saturated heterocycles. The Labute approximate surface area is 133 Å². The van der Waals surface area contributed by atoms with E-state index >= 15 is 0 Å². The maximum atomic E-state index is 12.4. The molecule has 21 heavy (non-hydrogen) atoms. The molecule has 112 valence electrons. The van der Waals surface area contributed by atoms with Crippen LogP contribution in [-0.2, 0) is 16.1 Å². The fraction of sp³-hybridized carbons (Fsp3) is 0.467. The van der Waals surface area contributed by atoms with Gasteiger partial charge in [-0.1, -0.05) is 23.8 Å². The number of thiophene rings is 1. The molecule has 4 nitrogen and oxygen atoms in total. The zero-order chi connectivity index (χ0) is 15.0. The van der Waals surface area contributed by atoms with Gasteiger partial charge in [-0.05, 0) is 32.0 Å². The average molecular weight is 325 g/mol. The van der Waals surface area contributed by atoms with E-state index in [0.29, 0.717) is 26.1 Å². The van der Waals surface area contributed by atoms with Crippen molar-refractivity contribution in [1.29, 1.82) is 0 Å². The number of carbonyl (C=O) groups excluding carboxylic acids is 2. The third-order valence-corrected chi connectivity index (χ3v) is 5.25. The van der Waals surface area contributed by atoms with E-state index in [1.807, 2.05) is 36.2 Å². The van der Waals surface area contributed by atoms with Gasteiger partial charge in [0, 0.05) is 11.4 Å². The van der Waals surface area contributed by atoms with Gasteiger partial charge in [-0.3, -0.25) is 19.4 Å². The molecule has 3 rings (SSSR count). The topological polar surface area (TPSA) is 40.6 Å². The smallest absolute Gasteiger partial charge is 0.234 e. The standard InChI is InChI=1S/C15H17ClN2O2S/c1-17(8-10-6-7-13(16)21-10)9-18-14(19)11-4-2-3-5-12(11)15(18)20/h2-3,6-7,11-12H,4-5,8-9H2,1H3/t11-,12+. The van der Waals surface area contributed by atoms with Crippen LogP contribution >= 0.6 is 22.9 Å². The number of rotatable bonds is 4. The first-order valence-electron chi connectivity index (χ1n) is 6.99. The molecule has 1 fully saturated rings. The summed E-state index contributed by atoms with van der Waals surface area (Å²) in [6.07, 6.45) is 5.40. The van der Waals surface area contributed by atoms with Gasteiger partial charge in [0.1, 0.15) is 0 Å². The summed E-state index contributed by atoms with van der Waals surface area (Å²) < 4.78 is 0.754. The highest BCUT2D eigenvalue weighted by atomic mass is 35.5. The molecule has 2 atom stereocenters. The largest absolute Gasteiger partial charge is 0.284 e. The quantitative estimate of drug-likeness (QED) is 0.631. The Bertz CT molecular complexity index is 572. The lowest BCUT2D eigenvalue weighted by atomic mass is 9.85. The second-order valence-electron chi connectivity index (χ2n) is 5.62. The van der Waals surface area contributed by atoms with Crippen LogP contribution in [0.1, 0.15) is 17.7 Å². The van der Waals surface area contributed by atoms with Gasteiger partial charge in [-0.15, -0.1) is 11.3 Å². The molecule has 0 bridgehead atoms. The predicted molar refractivity (Wildman–Crippen MR) is 82.9 cm³/mol. The first kappa shape index (κ1) is 14.8. The van der Waals surface area contributed by atoms with Gasteiger partial charge < -0.3 is 0 Å². The predicted octanol–water partition coefficient (Wildman–Crippen LogP) is 2.74. The van der Waals surface area contributed by atoms with Gasteiger partial charge in [0.2, 0.25) is 11.8 Å². The van der Waals surface area contributed by atoms with Gasteiger partial charge in [0.05, 0.1) is 22.8 Å². The summed E-state index contributed by atoms with van der Waals surface area (Å²) in [7, 11) is 1.91. The lowest BCUT2D eigenvalue weighted by Crippen LogP contribution is -2.39. The van der Waals surface area contributed by atoms with Gasteiger partial charge >= 0.3 is 0 Å². The number of allylic oxidation sites excluding steroid dienone is 2. The van der Waals surface area contributed by atoms with E-state index in [1.54, 1.807) is 0 Å². The third kappa shape index (κ3) is 2.91. The molecule has 1 aliphatic carbocycles. The number of likely N-dealkylation sites (tertiary alicyclic amines) is 1. The summed E-state index contributed by atoms with van der Waals surface area (Å²) in [5, 5.41) is 0. The molecule has 6 heteroatoms. The van der Waals surface area contributed by atoms with Crippen LogP contribution in [0.4, 0.5) is 0 Å². The van der Waals surface area contributed by atoms with Crippen molar-refractivity contribution in [2.45, 2.75) is 19.4 Å². The van der Waals surface area contributed by atoms with E-state index in [2.05, 4.69) is 0 Å². The summed E-state index contributed by atoms with van der Waals surface area (Å²) >= 11 is 7.44. The average Bonchev–Trinajstić information content (AvgIpc) is 2.97. The molecular weight excluding hydrogens is 308 g/mol. The first-order valence-corrected chi connectivity index (χ1v) is 8.18. The Morgan fingerprint density at radius 3 is 2.38 bits per heavy atom. The summed E-state index contributed by atoms with van der Waals surface area (Å²) in [6, 6.07) is 3.84. The maximum Gasteiger partial charge on any atom is 0.234 e. The summed E-state index contributed by atoms with van der Waals surface area (Å²) in [5.74, 6) is -0.338. The van der Waals surface area contributed by atoms with E-state index in [9.17, 15) is 9.59 Å². The number of amides is 2. The van der Waals surface area contributed by atoms with Crippen LogP contribution in [0.3, 0.4) is 0 Å². The minimum Gasteiger partial charge on any atom is -0.284 e. The number of imide groups is 1. The normalized spacial score (nSPS) is 25.0. The molecule has 0 unspecified atom stereocenters. The van der Waals surface area contributed by atoms with Crippen molar-refractivity contribution in [1.82, 2.24) is 9.80 Å². The van der Waals surface area contributed by atoms with Gasteiger partial charge in [0.15, 0.2) is 0 Å². The summed E-state index contributed by atoms with van der Waals surface area (Å²) in [5.41, 5.74) is 0. The molecule has 0 N–H and O–H groups in total. The highest BCUT2D eigenvalue weighted by Crippen LogP contribution is 2.35. The molecule has 1 aromatic rings. The molecule has 1 aliphatic heterocycles. The van der Waals surface area contributed by atoms with Crippen molar-refractivity contribution in [3.63, 3.8) is 0 Å². The Hall–Kier alpha value is -1.17. The maximum absolute atomic E-state index is 12.4. The lowest BCUT2D eigenvalue weighted by molar-refractivity contribution is -0.142. The number of hydrogen-bond donors (Lipinski definition) is 0. The molecule has 0 aromatic carbocycles. The van der Waals surface area contributed by atoms with Gasteiger partial charge in [0.25, 0.3) is 0 Å². The van der Waals surface area contributed by atoms with Crippen LogP contribution in [0.15, 0.2) is 24.3 Å². The van der Waals surface area contributed by atoms with Crippen LogP contribution in [0, 0.1) is 11.8 Å². The Morgan fingerprint density at radius 2 is 1.86 bits per heavy atom. The molecular formula is C15H17ClN2O2S. The van der Waals surface area contributed by atoms with Crippen molar-refractivity contribution in [3.05, 3.63) is 33.5 Å². The van der Waals surface area contributed by atoms with E-state index < -0.39 is 0 Å². The van der Waals surface area contributed by atoms with E-state index in [-0.39, 0.29) is 23.7 Å². The van der Waals surface area contributed by atoms with E-state index in [0.717, 1.165) is 9.21 Å². The van der Waals surface area contributed by atoms with E-state index in [1.165, 1.54) is 16.2 Å². The molecule has 2 amide bonds. The van der Waals surface area contributed by atoms with Crippen LogP contribution in [0.25, 0.3) is 0 Å². The second kappa shape index (κ2) is 5.91. The van der Waals surface area contributed by atoms with E-state index in [4.69, 9.17) is 11.6 Å². The number of hydrogen-bond acceptors (Lipinski definition) is 4. The minimum atomic E-state index is -0.146. The van der Waals surface area contributed by atoms with Crippen molar-refractivity contribution in [2.75, 3.05) is 13.7 Å². The lowest BCUT2D eigenvalue weighted by Gasteiger charge is -2.22. The fourth-order valence-corrected chi connectivity index (χ4v) is 4.17. The van der Waals surface area contributed by atoms with Crippen LogP contribution < -0.4 is 0 Å². The van der Waals surface area contributed by atoms with Crippen LogP contribution in [0.2, 0.25) is 4.34 Å². The fourth-order valence-electron chi connectivity index (χ4n) is 3.00. The summed E-state index contributed by atoms with van der Waals surface area (Å²) in [4.78, 5) is 29.3. The van der Waals surface area contributed by atoms with Crippen molar-refractivity contribution in [3.8, 4) is 0 Å². The minimum absolute atomic E-state index is 0.0228. The van der Waals surface area contributed by atoms with Crippen molar-refractivity contribution in [2.24, 2.45) is 11.8 Å². The highest BCUT2D eigenvalue weighted by Gasteiger charge is 2.47. The SMILES string of the molecule is CN(Cc1ccc(Cl)s1)CN1C(=O)[C@H]2CC=CC[C@H]2C1=O. The first-order chi connectivity index (χ1) is 10.1. The van der Waals surface area contributed by atoms with Crippen molar-refractivity contribution < 1.29 is 9.59 Å². The number of fused-ring (bicyclic) bond motifs is 1. The number of halogens is 1. The van der Waals surface area contributed by atoms with Crippen LogP contribution in [0.5, 0.6) is 0 Å². The molecule has 0 radical (unpaired) electrons. The Balaban J connectivity index is 1.64. The Kier molecular flexibility index (Phi) is 4.15. The second-order valence-corrected chi connectivity index (χ2v) is 7.42. The van der Waals surface area contributed by atoms with Gasteiger partial charge in [-0.2, -0.15) is 0 Å². The third-order valence-electron chi connectivity index (χ3n) is 4.04. The number of carbonyl (C=O) groups is 2. The molecule has 2 heterocycles. The zero-order valence-corrected chi connectivity index (χ0v) is 13.4. The van der Waals surface area contributed by atoms with Gasteiger partial charge in [-0.25, -0.2) is 0 Å². The molecule has 0 saturated carbocycles. The highest BCUT2D eigenvalue weighted by molar-refractivity contribution is 7.16. The summed E-state index contributed by atoms with van der Waals surface area (Å²) in [6.45, 7) is 1.03. The monoisotopic (exact) mass is 324 g/mol. The molecule has 2 aliphatic rings. The molecule has 0 spiro atoms. The zero-order valence-electron chi connectivity index (χ0n) is 11.8. The Morgan fingerprint density at radius 1 is 1.24 bits per heavy atom. The van der Waals surface area contributed by atoms with Crippen LogP contribution in [-0.4, -0.2) is 35.3 Å². The van der Waals surface area contributed by atoms with Crippen molar-refractivity contribution >= 4 is 34.8 Å². The number of nitrogens with zero attached hydrogens (tertiary/aromatic N) is 2. The molecule has 1 aromatic heterocycles.